The number of aromatic nitrogens is 1. The van der Waals surface area contributed by atoms with E-state index in [1.54, 1.807) is 6.07 Å². The Hall–Kier alpha value is -2.56. The van der Waals surface area contributed by atoms with E-state index < -0.39 is 0 Å². The van der Waals surface area contributed by atoms with Crippen LogP contribution in [0.2, 0.25) is 0 Å². The fourth-order valence-corrected chi connectivity index (χ4v) is 6.97. The van der Waals surface area contributed by atoms with E-state index in [4.69, 9.17) is 0 Å². The van der Waals surface area contributed by atoms with Crippen LogP contribution in [0.5, 0.6) is 5.75 Å². The Morgan fingerprint density at radius 2 is 1.88 bits per heavy atom. The van der Waals surface area contributed by atoms with Crippen LogP contribution < -0.4 is 0 Å². The van der Waals surface area contributed by atoms with Gasteiger partial charge in [0, 0.05) is 46.6 Å². The maximum absolute atomic E-state index is 10.4. The summed E-state index contributed by atoms with van der Waals surface area (Å²) in [6, 6.07) is 25.6. The highest BCUT2D eigenvalue weighted by Gasteiger charge is 2.48. The average molecular weight is 515 g/mol. The molecule has 34 heavy (non-hydrogen) atoms. The number of nitrogens with zero attached hydrogens (tertiary/aromatic N) is 2. The first-order chi connectivity index (χ1) is 16.5. The zero-order valence-electron chi connectivity index (χ0n) is 19.7. The second-order valence-electron chi connectivity index (χ2n) is 10.2. The van der Waals surface area contributed by atoms with Gasteiger partial charge in [-0.05, 0) is 85.2 Å². The molecule has 1 aliphatic carbocycles. The van der Waals surface area contributed by atoms with Crippen LogP contribution in [-0.4, -0.2) is 34.2 Å². The van der Waals surface area contributed by atoms with Crippen LogP contribution in [0, 0.1) is 5.92 Å². The van der Waals surface area contributed by atoms with Gasteiger partial charge in [0.05, 0.1) is 0 Å². The Morgan fingerprint density at radius 1 is 1.03 bits per heavy atom. The van der Waals surface area contributed by atoms with Crippen molar-refractivity contribution in [3.05, 3.63) is 99.7 Å². The van der Waals surface area contributed by atoms with Crippen molar-refractivity contribution < 1.29 is 5.11 Å². The van der Waals surface area contributed by atoms with Gasteiger partial charge in [-0.15, -0.1) is 0 Å². The van der Waals surface area contributed by atoms with Crippen molar-refractivity contribution >= 4 is 26.8 Å². The van der Waals surface area contributed by atoms with Crippen LogP contribution >= 0.6 is 15.9 Å². The molecule has 4 heteroatoms. The number of phenolic OH excluding ortho intramolecular Hbond substituents is 1. The molecule has 1 aliphatic heterocycles. The van der Waals surface area contributed by atoms with Crippen LogP contribution in [0.25, 0.3) is 10.9 Å². The molecule has 3 aromatic carbocycles. The summed E-state index contributed by atoms with van der Waals surface area (Å²) in [5, 5.41) is 11.8. The minimum absolute atomic E-state index is 0.0638. The number of halogens is 1. The first-order valence-electron chi connectivity index (χ1n) is 12.3. The van der Waals surface area contributed by atoms with Gasteiger partial charge < -0.3 is 14.6 Å². The quantitative estimate of drug-likeness (QED) is 0.348. The van der Waals surface area contributed by atoms with Gasteiger partial charge in [0.25, 0.3) is 0 Å². The van der Waals surface area contributed by atoms with Crippen LogP contribution in [0.15, 0.2) is 77.3 Å². The smallest absolute Gasteiger partial charge is 0.115 e. The van der Waals surface area contributed by atoms with Gasteiger partial charge in [-0.2, -0.15) is 0 Å². The molecule has 0 spiro atoms. The van der Waals surface area contributed by atoms with E-state index >= 15 is 0 Å². The highest BCUT2D eigenvalue weighted by molar-refractivity contribution is 9.10. The zero-order chi connectivity index (χ0) is 23.3. The highest BCUT2D eigenvalue weighted by Crippen LogP contribution is 2.50. The van der Waals surface area contributed by atoms with Gasteiger partial charge in [-0.25, -0.2) is 0 Å². The lowest BCUT2D eigenvalue weighted by molar-refractivity contribution is 0.0815. The van der Waals surface area contributed by atoms with Crippen molar-refractivity contribution in [2.24, 2.45) is 13.0 Å². The lowest BCUT2D eigenvalue weighted by atomic mass is 9.58. The van der Waals surface area contributed by atoms with Crippen LogP contribution in [0.4, 0.5) is 0 Å². The van der Waals surface area contributed by atoms with E-state index in [0.29, 0.717) is 11.7 Å². The van der Waals surface area contributed by atoms with Crippen LogP contribution in [0.3, 0.4) is 0 Å². The number of aryl methyl sites for hydroxylation is 1. The largest absolute Gasteiger partial charge is 0.508 e. The van der Waals surface area contributed by atoms with Crippen molar-refractivity contribution in [1.82, 2.24) is 9.47 Å². The van der Waals surface area contributed by atoms with E-state index in [1.807, 2.05) is 12.1 Å². The molecule has 1 aromatic heterocycles. The molecular weight excluding hydrogens is 484 g/mol. The third kappa shape index (κ3) is 3.68. The third-order valence-electron chi connectivity index (χ3n) is 8.45. The van der Waals surface area contributed by atoms with Crippen molar-refractivity contribution in [3.63, 3.8) is 0 Å². The molecule has 1 fully saturated rings. The van der Waals surface area contributed by atoms with Gasteiger partial charge in [0.1, 0.15) is 5.75 Å². The molecule has 4 aromatic rings. The number of likely N-dealkylation sites (tertiary alicyclic amines) is 1. The monoisotopic (exact) mass is 514 g/mol. The van der Waals surface area contributed by atoms with Gasteiger partial charge >= 0.3 is 0 Å². The van der Waals surface area contributed by atoms with E-state index in [1.165, 1.54) is 33.3 Å². The molecule has 2 aliphatic rings. The summed E-state index contributed by atoms with van der Waals surface area (Å²) in [6.45, 7) is 3.31. The zero-order valence-corrected chi connectivity index (χ0v) is 21.3. The fraction of sp³-hybridized carbons (Fsp3) is 0.333. The second kappa shape index (κ2) is 8.58. The molecule has 1 saturated heterocycles. The summed E-state index contributed by atoms with van der Waals surface area (Å²) in [7, 11) is 2.22. The Labute approximate surface area is 210 Å². The predicted molar refractivity (Wildman–Crippen MR) is 143 cm³/mol. The minimum Gasteiger partial charge on any atom is -0.508 e. The van der Waals surface area contributed by atoms with Gasteiger partial charge in [0.2, 0.25) is 0 Å². The van der Waals surface area contributed by atoms with Crippen molar-refractivity contribution in [3.8, 4) is 5.75 Å². The van der Waals surface area contributed by atoms with Crippen molar-refractivity contribution in [2.75, 3.05) is 19.6 Å². The lowest BCUT2D eigenvalue weighted by Crippen LogP contribution is -2.54. The van der Waals surface area contributed by atoms with Crippen molar-refractivity contribution in [2.45, 2.75) is 31.1 Å². The molecule has 2 heterocycles. The number of hydrogen-bond acceptors (Lipinski definition) is 2. The predicted octanol–water partition coefficient (Wildman–Crippen LogP) is 6.25. The fourth-order valence-electron chi connectivity index (χ4n) is 6.61. The van der Waals surface area contributed by atoms with Crippen LogP contribution in [-0.2, 0) is 31.7 Å². The topological polar surface area (TPSA) is 28.4 Å². The molecule has 0 amide bonds. The van der Waals surface area contributed by atoms with Gasteiger partial charge in [-0.1, -0.05) is 58.4 Å². The third-order valence-corrected chi connectivity index (χ3v) is 8.94. The molecule has 6 rings (SSSR count). The van der Waals surface area contributed by atoms with Crippen molar-refractivity contribution in [1.29, 1.82) is 0 Å². The maximum Gasteiger partial charge on any atom is 0.115 e. The SMILES string of the molecule is Cn1c2c(c3cc(Br)ccc31)CC1CN(CCc3ccccc3)CC[C@]1(c1cccc(O)c1)C2. The number of piperidine rings is 1. The normalized spacial score (nSPS) is 22.5. The second-order valence-corrected chi connectivity index (χ2v) is 11.1. The Morgan fingerprint density at radius 3 is 2.71 bits per heavy atom. The molecule has 1 unspecified atom stereocenters. The molecular formula is C30H31BrN2O. The molecule has 0 bridgehead atoms. The molecule has 1 N–H and O–H groups in total. The summed E-state index contributed by atoms with van der Waals surface area (Å²) in [6.07, 6.45) is 4.34. The number of aromatic hydroxyl groups is 1. The number of rotatable bonds is 4. The van der Waals surface area contributed by atoms with Crippen LogP contribution in [0.1, 0.15) is 28.8 Å². The molecule has 2 atom stereocenters. The summed E-state index contributed by atoms with van der Waals surface area (Å²) in [4.78, 5) is 2.67. The Kier molecular flexibility index (Phi) is 5.54. The van der Waals surface area contributed by atoms with Gasteiger partial charge in [0.15, 0.2) is 0 Å². The van der Waals surface area contributed by atoms with E-state index in [-0.39, 0.29) is 5.41 Å². The Balaban J connectivity index is 1.38. The summed E-state index contributed by atoms with van der Waals surface area (Å²) in [5.74, 6) is 0.903. The molecule has 0 radical (unpaired) electrons. The molecule has 174 valence electrons. The number of benzene rings is 3. The summed E-state index contributed by atoms with van der Waals surface area (Å²) in [5.41, 5.74) is 7.08. The average Bonchev–Trinajstić information content (AvgIpc) is 3.12. The maximum atomic E-state index is 10.4. The molecule has 3 nitrogen and oxygen atoms in total. The minimum atomic E-state index is 0.0638. The number of fused-ring (bicyclic) bond motifs is 4. The van der Waals surface area contributed by atoms with E-state index in [2.05, 4.69) is 87.0 Å². The number of hydrogen-bond donors (Lipinski definition) is 1. The van der Waals surface area contributed by atoms with E-state index in [0.717, 1.165) is 49.8 Å². The lowest BCUT2D eigenvalue weighted by Gasteiger charge is -2.51. The molecule has 0 saturated carbocycles. The van der Waals surface area contributed by atoms with Gasteiger partial charge in [-0.3, -0.25) is 0 Å². The number of phenols is 1. The summed E-state index contributed by atoms with van der Waals surface area (Å²) < 4.78 is 3.56. The first-order valence-corrected chi connectivity index (χ1v) is 13.1. The van der Waals surface area contributed by atoms with E-state index in [9.17, 15) is 5.11 Å². The Bertz CT molecular complexity index is 1340. The highest BCUT2D eigenvalue weighted by atomic mass is 79.9. The standard InChI is InChI=1S/C30H31BrN2O/c1-32-28-11-10-24(31)18-27(28)26-17-23-20-33(14-12-21-6-3-2-4-7-21)15-13-30(23,19-29(26)32)22-8-5-9-25(34)16-22/h2-11,16,18,23,34H,12-15,17,19-20H2,1H3/t23?,30-/m1/s1. The first kappa shape index (κ1) is 21.9. The summed E-state index contributed by atoms with van der Waals surface area (Å²) >= 11 is 3.70.